The second-order valence-corrected chi connectivity index (χ2v) is 5.04. The van der Waals surface area contributed by atoms with E-state index in [2.05, 4.69) is 31.9 Å². The second-order valence-electron chi connectivity index (χ2n) is 3.33. The molecule has 13 heavy (non-hydrogen) atoms. The van der Waals surface area contributed by atoms with Crippen LogP contribution < -0.4 is 0 Å². The number of aliphatic hydroxyl groups excluding tert-OH is 1. The molecule has 70 valence electrons. The van der Waals surface area contributed by atoms with Gasteiger partial charge in [0.05, 0.1) is 6.10 Å². The van der Waals surface area contributed by atoms with E-state index in [0.29, 0.717) is 0 Å². The highest BCUT2D eigenvalue weighted by molar-refractivity contribution is 9.11. The fourth-order valence-corrected chi connectivity index (χ4v) is 3.02. The summed E-state index contributed by atoms with van der Waals surface area (Å²) in [6.45, 7) is 0. The van der Waals surface area contributed by atoms with Gasteiger partial charge in [-0.3, -0.25) is 0 Å². The van der Waals surface area contributed by atoms with Gasteiger partial charge in [0.1, 0.15) is 0 Å². The van der Waals surface area contributed by atoms with E-state index >= 15 is 0 Å². The fraction of sp³-hybridized carbons (Fsp3) is 0.400. The molecule has 1 atom stereocenters. The molecule has 0 spiro atoms. The van der Waals surface area contributed by atoms with E-state index in [4.69, 9.17) is 0 Å². The quantitative estimate of drug-likeness (QED) is 0.777. The number of hydrogen-bond acceptors (Lipinski definition) is 1. The van der Waals surface area contributed by atoms with Crippen LogP contribution in [0.15, 0.2) is 21.1 Å². The molecule has 0 bridgehead atoms. The molecule has 0 fully saturated rings. The lowest BCUT2D eigenvalue weighted by Crippen LogP contribution is -2.10. The molecule has 0 amide bonds. The average molecular weight is 306 g/mol. The molecular weight excluding hydrogens is 296 g/mol. The second kappa shape index (κ2) is 3.71. The molecular formula is C10H10Br2O. The molecule has 0 unspecified atom stereocenters. The van der Waals surface area contributed by atoms with Crippen LogP contribution in [-0.2, 0) is 6.42 Å². The maximum Gasteiger partial charge on any atom is 0.0804 e. The molecule has 1 nitrogen and oxygen atoms in total. The molecule has 0 aliphatic heterocycles. The number of hydrogen-bond donors (Lipinski definition) is 1. The summed E-state index contributed by atoms with van der Waals surface area (Å²) in [6, 6.07) is 4.01. The number of halogens is 2. The van der Waals surface area contributed by atoms with Crippen LogP contribution in [-0.4, -0.2) is 5.11 Å². The van der Waals surface area contributed by atoms with Crippen LogP contribution in [0.1, 0.15) is 30.1 Å². The normalized spacial score (nSPS) is 21.3. The molecule has 0 saturated carbocycles. The molecule has 0 heterocycles. The Kier molecular flexibility index (Phi) is 2.77. The van der Waals surface area contributed by atoms with Gasteiger partial charge in [0.25, 0.3) is 0 Å². The van der Waals surface area contributed by atoms with Crippen molar-refractivity contribution in [2.24, 2.45) is 0 Å². The maximum atomic E-state index is 9.82. The minimum atomic E-state index is -0.296. The van der Waals surface area contributed by atoms with Crippen LogP contribution in [0, 0.1) is 0 Å². The van der Waals surface area contributed by atoms with Gasteiger partial charge in [0, 0.05) is 8.95 Å². The molecule has 1 aromatic carbocycles. The van der Waals surface area contributed by atoms with Gasteiger partial charge in [-0.25, -0.2) is 0 Å². The summed E-state index contributed by atoms with van der Waals surface area (Å²) in [7, 11) is 0. The van der Waals surface area contributed by atoms with Gasteiger partial charge < -0.3 is 5.11 Å². The zero-order valence-electron chi connectivity index (χ0n) is 7.06. The smallest absolute Gasteiger partial charge is 0.0804 e. The van der Waals surface area contributed by atoms with E-state index in [1.807, 2.05) is 12.1 Å². The third-order valence-corrected chi connectivity index (χ3v) is 3.92. The van der Waals surface area contributed by atoms with Crippen molar-refractivity contribution in [2.45, 2.75) is 25.4 Å². The van der Waals surface area contributed by atoms with Gasteiger partial charge in [-0.05, 0) is 42.5 Å². The summed E-state index contributed by atoms with van der Waals surface area (Å²) in [6.07, 6.45) is 2.72. The zero-order valence-corrected chi connectivity index (χ0v) is 10.2. The van der Waals surface area contributed by atoms with Crippen molar-refractivity contribution in [1.29, 1.82) is 0 Å². The van der Waals surface area contributed by atoms with Crippen molar-refractivity contribution in [3.8, 4) is 0 Å². The lowest BCUT2D eigenvalue weighted by atomic mass is 9.90. The molecule has 1 N–H and O–H groups in total. The topological polar surface area (TPSA) is 20.2 Å². The highest BCUT2D eigenvalue weighted by Gasteiger charge is 2.22. The zero-order chi connectivity index (χ0) is 9.42. The van der Waals surface area contributed by atoms with Crippen molar-refractivity contribution in [2.75, 3.05) is 0 Å². The predicted molar refractivity (Wildman–Crippen MR) is 59.7 cm³/mol. The van der Waals surface area contributed by atoms with E-state index in [-0.39, 0.29) is 6.10 Å². The summed E-state index contributed by atoms with van der Waals surface area (Å²) < 4.78 is 2.14. The summed E-state index contributed by atoms with van der Waals surface area (Å²) in [5.74, 6) is 0. The third-order valence-electron chi connectivity index (χ3n) is 2.48. The molecule has 1 aromatic rings. The Labute approximate surface area is 94.4 Å². The van der Waals surface area contributed by atoms with Gasteiger partial charge >= 0.3 is 0 Å². The van der Waals surface area contributed by atoms with E-state index in [0.717, 1.165) is 33.8 Å². The van der Waals surface area contributed by atoms with Gasteiger partial charge in [0.2, 0.25) is 0 Å². The summed E-state index contributed by atoms with van der Waals surface area (Å²) in [5.41, 5.74) is 2.33. The SMILES string of the molecule is O[C@H]1CCCc2c(Br)ccc(Br)c21. The first-order valence-corrected chi connectivity index (χ1v) is 5.93. The average Bonchev–Trinajstić information content (AvgIpc) is 2.12. The van der Waals surface area contributed by atoms with Crippen molar-refractivity contribution in [3.63, 3.8) is 0 Å². The predicted octanol–water partition coefficient (Wildman–Crippen LogP) is 3.58. The Bertz CT molecular complexity index is 336. The van der Waals surface area contributed by atoms with E-state index in [9.17, 15) is 5.11 Å². The molecule has 0 saturated heterocycles. The van der Waals surface area contributed by atoms with Crippen molar-refractivity contribution >= 4 is 31.9 Å². The Balaban J connectivity index is 2.60. The molecule has 2 rings (SSSR count). The van der Waals surface area contributed by atoms with Crippen LogP contribution in [0.3, 0.4) is 0 Å². The minimum absolute atomic E-state index is 0.296. The van der Waals surface area contributed by atoms with E-state index < -0.39 is 0 Å². The Morgan fingerprint density at radius 2 is 1.92 bits per heavy atom. The number of rotatable bonds is 0. The highest BCUT2D eigenvalue weighted by Crippen LogP contribution is 2.38. The lowest BCUT2D eigenvalue weighted by molar-refractivity contribution is 0.155. The summed E-state index contributed by atoms with van der Waals surface area (Å²) in [4.78, 5) is 0. The van der Waals surface area contributed by atoms with Crippen LogP contribution in [0.5, 0.6) is 0 Å². The number of benzene rings is 1. The Morgan fingerprint density at radius 1 is 1.23 bits per heavy atom. The van der Waals surface area contributed by atoms with Crippen LogP contribution in [0.25, 0.3) is 0 Å². The van der Waals surface area contributed by atoms with Gasteiger partial charge in [-0.2, -0.15) is 0 Å². The van der Waals surface area contributed by atoms with E-state index in [1.165, 1.54) is 5.56 Å². The minimum Gasteiger partial charge on any atom is -0.388 e. The first-order valence-electron chi connectivity index (χ1n) is 4.35. The number of aliphatic hydroxyl groups is 1. The standard InChI is InChI=1S/C10H10Br2O/c11-7-4-5-8(12)10-6(7)2-1-3-9(10)13/h4-5,9,13H,1-3H2/t9-/m0/s1. The van der Waals surface area contributed by atoms with Crippen molar-refractivity contribution < 1.29 is 5.11 Å². The highest BCUT2D eigenvalue weighted by atomic mass is 79.9. The first-order chi connectivity index (χ1) is 6.20. The van der Waals surface area contributed by atoms with Gasteiger partial charge in [-0.1, -0.05) is 31.9 Å². The summed E-state index contributed by atoms with van der Waals surface area (Å²) in [5, 5.41) is 9.82. The van der Waals surface area contributed by atoms with Crippen LogP contribution >= 0.6 is 31.9 Å². The molecule has 1 aliphatic rings. The fourth-order valence-electron chi connectivity index (χ4n) is 1.84. The molecule has 0 radical (unpaired) electrons. The maximum absolute atomic E-state index is 9.82. The monoisotopic (exact) mass is 304 g/mol. The largest absolute Gasteiger partial charge is 0.388 e. The van der Waals surface area contributed by atoms with Crippen molar-refractivity contribution in [1.82, 2.24) is 0 Å². The molecule has 3 heteroatoms. The van der Waals surface area contributed by atoms with Crippen molar-refractivity contribution in [3.05, 3.63) is 32.2 Å². The first kappa shape index (κ1) is 9.69. The van der Waals surface area contributed by atoms with Gasteiger partial charge in [-0.15, -0.1) is 0 Å². The van der Waals surface area contributed by atoms with Crippen LogP contribution in [0.4, 0.5) is 0 Å². The van der Waals surface area contributed by atoms with Crippen LogP contribution in [0.2, 0.25) is 0 Å². The van der Waals surface area contributed by atoms with E-state index in [1.54, 1.807) is 0 Å². The Morgan fingerprint density at radius 3 is 2.62 bits per heavy atom. The summed E-state index contributed by atoms with van der Waals surface area (Å²) >= 11 is 6.99. The molecule has 1 aliphatic carbocycles. The number of fused-ring (bicyclic) bond motifs is 1. The molecule has 0 aromatic heterocycles. The lowest BCUT2D eigenvalue weighted by Gasteiger charge is -2.23. The van der Waals surface area contributed by atoms with Gasteiger partial charge in [0.15, 0.2) is 0 Å². The third kappa shape index (κ3) is 1.69. The Hall–Kier alpha value is 0.140.